The minimum Gasteiger partial charge on any atom is -0.397 e. The van der Waals surface area contributed by atoms with Crippen molar-refractivity contribution in [3.63, 3.8) is 0 Å². The molecule has 0 bridgehead atoms. The van der Waals surface area contributed by atoms with E-state index in [0.29, 0.717) is 18.5 Å². The van der Waals surface area contributed by atoms with Crippen molar-refractivity contribution in [2.24, 2.45) is 0 Å². The van der Waals surface area contributed by atoms with Crippen LogP contribution in [0.4, 0.5) is 18.9 Å². The Balaban J connectivity index is 2.28. The molecule has 112 valence electrons. The van der Waals surface area contributed by atoms with Gasteiger partial charge in [0.15, 0.2) is 0 Å². The molecular formula is C13H18F3N3O. The van der Waals surface area contributed by atoms with Crippen molar-refractivity contribution in [3.05, 3.63) is 18.0 Å². The van der Waals surface area contributed by atoms with E-state index in [1.165, 1.54) is 6.07 Å². The lowest BCUT2D eigenvalue weighted by atomic mass is 10.3. The molecule has 1 fully saturated rings. The second-order valence-electron chi connectivity index (χ2n) is 5.44. The molecule has 1 saturated carbocycles. The lowest BCUT2D eigenvalue weighted by molar-refractivity contribution is -0.141. The molecule has 1 aromatic rings. The minimum atomic E-state index is -4.39. The Bertz CT molecular complexity index is 503. The molecule has 20 heavy (non-hydrogen) atoms. The normalized spacial score (nSPS) is 15.7. The van der Waals surface area contributed by atoms with E-state index in [4.69, 9.17) is 5.73 Å². The number of carbonyl (C=O) groups excluding carboxylic acids is 1. The zero-order chi connectivity index (χ0) is 15.1. The van der Waals surface area contributed by atoms with Crippen molar-refractivity contribution < 1.29 is 18.0 Å². The Kier molecular flexibility index (Phi) is 3.71. The van der Waals surface area contributed by atoms with Crippen LogP contribution in [0.1, 0.15) is 43.2 Å². The van der Waals surface area contributed by atoms with Crippen molar-refractivity contribution in [1.82, 2.24) is 9.47 Å². The summed E-state index contributed by atoms with van der Waals surface area (Å²) < 4.78 is 39.4. The Hall–Kier alpha value is -1.66. The Labute approximate surface area is 115 Å². The van der Waals surface area contributed by atoms with Crippen molar-refractivity contribution >= 4 is 11.6 Å². The Morgan fingerprint density at radius 1 is 1.50 bits per heavy atom. The van der Waals surface area contributed by atoms with E-state index >= 15 is 0 Å². The molecule has 2 rings (SSSR count). The van der Waals surface area contributed by atoms with E-state index in [1.54, 1.807) is 10.8 Å². The topological polar surface area (TPSA) is 51.3 Å². The van der Waals surface area contributed by atoms with Gasteiger partial charge in [-0.05, 0) is 32.8 Å². The van der Waals surface area contributed by atoms with Crippen LogP contribution >= 0.6 is 0 Å². The molecule has 1 heterocycles. The van der Waals surface area contributed by atoms with Crippen LogP contribution in [0.2, 0.25) is 0 Å². The Morgan fingerprint density at radius 2 is 2.10 bits per heavy atom. The largest absolute Gasteiger partial charge is 0.406 e. The highest BCUT2D eigenvalue weighted by atomic mass is 19.4. The maximum atomic E-state index is 12.6. The van der Waals surface area contributed by atoms with Gasteiger partial charge in [-0.15, -0.1) is 0 Å². The van der Waals surface area contributed by atoms with Gasteiger partial charge in [0.2, 0.25) is 0 Å². The van der Waals surface area contributed by atoms with E-state index in [2.05, 4.69) is 0 Å². The second kappa shape index (κ2) is 5.03. The molecule has 0 radical (unpaired) electrons. The summed E-state index contributed by atoms with van der Waals surface area (Å²) in [6.07, 6.45) is -1.56. The molecule has 1 aromatic heterocycles. The maximum Gasteiger partial charge on any atom is 0.406 e. The van der Waals surface area contributed by atoms with Crippen LogP contribution in [-0.2, 0) is 0 Å². The van der Waals surface area contributed by atoms with E-state index in [0.717, 1.165) is 4.90 Å². The first kappa shape index (κ1) is 14.7. The number of anilines is 1. The number of alkyl halides is 3. The fourth-order valence-electron chi connectivity index (χ4n) is 2.19. The number of hydrogen-bond acceptors (Lipinski definition) is 2. The number of hydrogen-bond donors (Lipinski definition) is 1. The molecule has 0 aromatic carbocycles. The molecule has 1 aliphatic carbocycles. The van der Waals surface area contributed by atoms with E-state index in [9.17, 15) is 18.0 Å². The lowest BCUT2D eigenvalue weighted by Crippen LogP contribution is -2.41. The smallest absolute Gasteiger partial charge is 0.397 e. The fraction of sp³-hybridized carbons (Fsp3) is 0.615. The lowest BCUT2D eigenvalue weighted by Gasteiger charge is -2.25. The van der Waals surface area contributed by atoms with Gasteiger partial charge in [0, 0.05) is 18.3 Å². The highest BCUT2D eigenvalue weighted by molar-refractivity contribution is 5.94. The molecule has 0 saturated heterocycles. The first-order chi connectivity index (χ1) is 9.19. The predicted molar refractivity (Wildman–Crippen MR) is 69.3 cm³/mol. The molecule has 1 amide bonds. The first-order valence-corrected chi connectivity index (χ1v) is 6.54. The monoisotopic (exact) mass is 289 g/mol. The molecule has 0 spiro atoms. The standard InChI is InChI=1S/C13H18F3N3O/c1-8(2)18-6-9(17)5-11(18)12(20)19(10-3-4-10)7-13(14,15)16/h5-6,8,10H,3-4,7,17H2,1-2H3. The zero-order valence-electron chi connectivity index (χ0n) is 11.4. The summed E-state index contributed by atoms with van der Waals surface area (Å²) in [5, 5.41) is 0. The molecule has 1 aliphatic rings. The van der Waals surface area contributed by atoms with Gasteiger partial charge in [0.25, 0.3) is 5.91 Å². The number of amides is 1. The third-order valence-electron chi connectivity index (χ3n) is 3.24. The van der Waals surface area contributed by atoms with Crippen LogP contribution in [-0.4, -0.2) is 34.1 Å². The van der Waals surface area contributed by atoms with Crippen LogP contribution in [0.3, 0.4) is 0 Å². The minimum absolute atomic E-state index is 0.0433. The summed E-state index contributed by atoms with van der Waals surface area (Å²) in [4.78, 5) is 13.3. The fourth-order valence-corrected chi connectivity index (χ4v) is 2.19. The summed E-state index contributed by atoms with van der Waals surface area (Å²) in [5.74, 6) is -0.602. The van der Waals surface area contributed by atoms with Gasteiger partial charge in [0.1, 0.15) is 12.2 Å². The number of aromatic nitrogens is 1. The number of carbonyl (C=O) groups is 1. The van der Waals surface area contributed by atoms with Gasteiger partial charge < -0.3 is 15.2 Å². The highest BCUT2D eigenvalue weighted by Crippen LogP contribution is 2.32. The SMILES string of the molecule is CC(C)n1cc(N)cc1C(=O)N(CC(F)(F)F)C1CC1. The van der Waals surface area contributed by atoms with Crippen LogP contribution in [0.15, 0.2) is 12.3 Å². The molecule has 2 N–H and O–H groups in total. The van der Waals surface area contributed by atoms with Gasteiger partial charge in [-0.1, -0.05) is 0 Å². The quantitative estimate of drug-likeness (QED) is 0.926. The number of nitrogens with zero attached hydrogens (tertiary/aromatic N) is 2. The number of nitrogen functional groups attached to an aromatic ring is 1. The van der Waals surface area contributed by atoms with E-state index in [-0.39, 0.29) is 17.8 Å². The zero-order valence-corrected chi connectivity index (χ0v) is 11.4. The van der Waals surface area contributed by atoms with Gasteiger partial charge in [-0.2, -0.15) is 13.2 Å². The molecular weight excluding hydrogens is 271 g/mol. The molecule has 0 atom stereocenters. The van der Waals surface area contributed by atoms with E-state index in [1.807, 2.05) is 13.8 Å². The van der Waals surface area contributed by atoms with Crippen LogP contribution in [0, 0.1) is 0 Å². The molecule has 0 unspecified atom stereocenters. The molecule has 0 aliphatic heterocycles. The maximum absolute atomic E-state index is 12.6. The summed E-state index contributed by atoms with van der Waals surface area (Å²) in [5.41, 5.74) is 6.26. The van der Waals surface area contributed by atoms with Crippen molar-refractivity contribution in [2.75, 3.05) is 12.3 Å². The van der Waals surface area contributed by atoms with Gasteiger partial charge in [-0.25, -0.2) is 0 Å². The first-order valence-electron chi connectivity index (χ1n) is 6.54. The number of halogens is 3. The molecule has 7 heteroatoms. The van der Waals surface area contributed by atoms with Gasteiger partial charge in [0.05, 0.1) is 5.69 Å². The highest BCUT2D eigenvalue weighted by Gasteiger charge is 2.41. The number of nitrogens with two attached hydrogens (primary N) is 1. The average Bonchev–Trinajstić information content (AvgIpc) is 3.06. The summed E-state index contributed by atoms with van der Waals surface area (Å²) in [7, 11) is 0. The van der Waals surface area contributed by atoms with Crippen LogP contribution in [0.25, 0.3) is 0 Å². The average molecular weight is 289 g/mol. The van der Waals surface area contributed by atoms with E-state index < -0.39 is 18.6 Å². The molecule has 4 nitrogen and oxygen atoms in total. The number of rotatable bonds is 4. The van der Waals surface area contributed by atoms with Gasteiger partial charge >= 0.3 is 6.18 Å². The summed E-state index contributed by atoms with van der Waals surface area (Å²) >= 11 is 0. The predicted octanol–water partition coefficient (Wildman–Crippen LogP) is 2.82. The third-order valence-corrected chi connectivity index (χ3v) is 3.24. The third kappa shape index (κ3) is 3.26. The second-order valence-corrected chi connectivity index (χ2v) is 5.44. The summed E-state index contributed by atoms with van der Waals surface area (Å²) in [6.45, 7) is 2.49. The van der Waals surface area contributed by atoms with Crippen LogP contribution in [0.5, 0.6) is 0 Å². The van der Waals surface area contributed by atoms with Crippen molar-refractivity contribution in [3.8, 4) is 0 Å². The van der Waals surface area contributed by atoms with Crippen molar-refractivity contribution in [2.45, 2.75) is 44.9 Å². The Morgan fingerprint density at radius 3 is 2.55 bits per heavy atom. The van der Waals surface area contributed by atoms with Crippen molar-refractivity contribution in [1.29, 1.82) is 0 Å². The van der Waals surface area contributed by atoms with Crippen LogP contribution < -0.4 is 5.73 Å². The van der Waals surface area contributed by atoms with Gasteiger partial charge in [-0.3, -0.25) is 4.79 Å². The summed E-state index contributed by atoms with van der Waals surface area (Å²) in [6, 6.07) is 1.09.